The van der Waals surface area contributed by atoms with Gasteiger partial charge in [-0.15, -0.1) is 11.3 Å². The Hall–Kier alpha value is -1.76. The van der Waals surface area contributed by atoms with E-state index in [2.05, 4.69) is 0 Å². The first-order valence-corrected chi connectivity index (χ1v) is 7.13. The van der Waals surface area contributed by atoms with Crippen LogP contribution in [-0.4, -0.2) is 42.0 Å². The minimum atomic E-state index is -1.01. The Bertz CT molecular complexity index is 432. The molecule has 6 nitrogen and oxygen atoms in total. The Morgan fingerprint density at radius 3 is 2.60 bits per heavy atom. The molecule has 1 amide bonds. The number of hydrogen-bond acceptors (Lipinski definition) is 5. The summed E-state index contributed by atoms with van der Waals surface area (Å²) >= 11 is 1.45. The monoisotopic (exact) mass is 301 g/mol. The zero-order chi connectivity index (χ0) is 15.1. The Morgan fingerprint density at radius 2 is 2.10 bits per heavy atom. The highest BCUT2D eigenvalue weighted by Gasteiger charge is 2.21. The SMILES string of the molecule is CC(C)OC(=O)O[C@@H](CCN(C)C(=O)O)c1cccs1. The minimum Gasteiger partial charge on any atom is -0.465 e. The van der Waals surface area contributed by atoms with Gasteiger partial charge in [-0.25, -0.2) is 9.59 Å². The minimum absolute atomic E-state index is 0.256. The molecular weight excluding hydrogens is 282 g/mol. The number of carboxylic acid groups (broad SMARTS) is 1. The van der Waals surface area contributed by atoms with Gasteiger partial charge in [-0.1, -0.05) is 6.07 Å². The van der Waals surface area contributed by atoms with Crippen LogP contribution in [0.25, 0.3) is 0 Å². The lowest BCUT2D eigenvalue weighted by atomic mass is 10.2. The molecule has 1 atom stereocenters. The van der Waals surface area contributed by atoms with E-state index in [4.69, 9.17) is 14.6 Å². The average Bonchev–Trinajstić information content (AvgIpc) is 2.86. The van der Waals surface area contributed by atoms with Crippen LogP contribution in [-0.2, 0) is 9.47 Å². The third-order valence-corrected chi connectivity index (χ3v) is 3.45. The Balaban J connectivity index is 2.62. The molecule has 1 aromatic heterocycles. The summed E-state index contributed by atoms with van der Waals surface area (Å²) in [5, 5.41) is 10.7. The van der Waals surface area contributed by atoms with Crippen molar-refractivity contribution in [2.45, 2.75) is 32.5 Å². The molecule has 0 unspecified atom stereocenters. The van der Waals surface area contributed by atoms with E-state index in [1.807, 2.05) is 17.5 Å². The molecule has 20 heavy (non-hydrogen) atoms. The molecule has 0 bridgehead atoms. The summed E-state index contributed by atoms with van der Waals surface area (Å²) in [5.74, 6) is 0. The van der Waals surface area contributed by atoms with E-state index in [0.29, 0.717) is 6.42 Å². The van der Waals surface area contributed by atoms with E-state index in [1.165, 1.54) is 18.4 Å². The fourth-order valence-corrected chi connectivity index (χ4v) is 2.27. The maximum atomic E-state index is 11.6. The van der Waals surface area contributed by atoms with E-state index in [0.717, 1.165) is 9.78 Å². The molecule has 0 aliphatic heterocycles. The van der Waals surface area contributed by atoms with Crippen LogP contribution in [0.5, 0.6) is 0 Å². The van der Waals surface area contributed by atoms with Crippen molar-refractivity contribution in [3.05, 3.63) is 22.4 Å². The normalized spacial score (nSPS) is 12.0. The highest BCUT2D eigenvalue weighted by molar-refractivity contribution is 7.10. The Labute approximate surface area is 121 Å². The van der Waals surface area contributed by atoms with Gasteiger partial charge in [0.1, 0.15) is 6.10 Å². The van der Waals surface area contributed by atoms with E-state index in [9.17, 15) is 9.59 Å². The maximum absolute atomic E-state index is 11.6. The Kier molecular flexibility index (Phi) is 6.30. The molecule has 0 aliphatic rings. The van der Waals surface area contributed by atoms with Gasteiger partial charge in [0.15, 0.2) is 0 Å². The number of carbonyl (C=O) groups excluding carboxylic acids is 1. The van der Waals surface area contributed by atoms with Crippen LogP contribution in [0.2, 0.25) is 0 Å². The van der Waals surface area contributed by atoms with Crippen LogP contribution in [0.3, 0.4) is 0 Å². The first kappa shape index (κ1) is 16.3. The Morgan fingerprint density at radius 1 is 1.40 bits per heavy atom. The smallest absolute Gasteiger partial charge is 0.465 e. The quantitative estimate of drug-likeness (QED) is 0.815. The van der Waals surface area contributed by atoms with Crippen LogP contribution < -0.4 is 0 Å². The number of hydrogen-bond donors (Lipinski definition) is 1. The van der Waals surface area contributed by atoms with Crippen molar-refractivity contribution in [1.29, 1.82) is 0 Å². The molecular formula is C13H19NO5S. The third kappa shape index (κ3) is 5.48. The number of rotatable bonds is 6. The average molecular weight is 301 g/mol. The first-order chi connectivity index (χ1) is 9.40. The second-order valence-electron chi connectivity index (χ2n) is 4.53. The van der Waals surface area contributed by atoms with Gasteiger partial charge in [-0.05, 0) is 25.3 Å². The molecule has 112 valence electrons. The van der Waals surface area contributed by atoms with E-state index in [1.54, 1.807) is 13.8 Å². The molecule has 1 heterocycles. The van der Waals surface area contributed by atoms with Gasteiger partial charge < -0.3 is 19.5 Å². The van der Waals surface area contributed by atoms with Crippen molar-refractivity contribution in [3.8, 4) is 0 Å². The molecule has 0 aromatic carbocycles. The summed E-state index contributed by atoms with van der Waals surface area (Å²) < 4.78 is 10.2. The molecule has 7 heteroatoms. The lowest BCUT2D eigenvalue weighted by Crippen LogP contribution is -2.27. The summed E-state index contributed by atoms with van der Waals surface area (Å²) in [6.07, 6.45) is -2.12. The number of thiophene rings is 1. The van der Waals surface area contributed by atoms with Crippen molar-refractivity contribution in [2.24, 2.45) is 0 Å². The van der Waals surface area contributed by atoms with Gasteiger partial charge in [0.2, 0.25) is 0 Å². The summed E-state index contributed by atoms with van der Waals surface area (Å²) in [7, 11) is 1.47. The standard InChI is InChI=1S/C13H19NO5S/c1-9(2)18-13(17)19-10(11-5-4-8-20-11)6-7-14(3)12(15)16/h4-5,8-10H,6-7H2,1-3H3,(H,15,16)/t10-/m0/s1. The second-order valence-corrected chi connectivity index (χ2v) is 5.51. The van der Waals surface area contributed by atoms with E-state index in [-0.39, 0.29) is 12.6 Å². The molecule has 0 radical (unpaired) electrons. The third-order valence-electron chi connectivity index (χ3n) is 2.48. The van der Waals surface area contributed by atoms with Crippen molar-refractivity contribution in [3.63, 3.8) is 0 Å². The van der Waals surface area contributed by atoms with E-state index >= 15 is 0 Å². The van der Waals surface area contributed by atoms with Crippen LogP contribution >= 0.6 is 11.3 Å². The van der Waals surface area contributed by atoms with Gasteiger partial charge in [0.25, 0.3) is 0 Å². The maximum Gasteiger partial charge on any atom is 0.509 e. The van der Waals surface area contributed by atoms with Crippen LogP contribution in [0.4, 0.5) is 9.59 Å². The molecule has 1 N–H and O–H groups in total. The fourth-order valence-electron chi connectivity index (χ4n) is 1.48. The van der Waals surface area contributed by atoms with Crippen molar-refractivity contribution in [2.75, 3.05) is 13.6 Å². The van der Waals surface area contributed by atoms with Crippen LogP contribution in [0.1, 0.15) is 31.2 Å². The van der Waals surface area contributed by atoms with Crippen molar-refractivity contribution >= 4 is 23.6 Å². The van der Waals surface area contributed by atoms with Gasteiger partial charge in [-0.3, -0.25) is 0 Å². The number of nitrogens with zero attached hydrogens (tertiary/aromatic N) is 1. The number of ether oxygens (including phenoxy) is 2. The summed E-state index contributed by atoms with van der Waals surface area (Å²) in [5.41, 5.74) is 0. The molecule has 0 spiro atoms. The lowest BCUT2D eigenvalue weighted by molar-refractivity contribution is 0.00331. The predicted molar refractivity (Wildman–Crippen MR) is 75.0 cm³/mol. The number of carbonyl (C=O) groups is 2. The predicted octanol–water partition coefficient (Wildman–Crippen LogP) is 3.35. The van der Waals surface area contributed by atoms with Gasteiger partial charge in [0, 0.05) is 24.9 Å². The largest absolute Gasteiger partial charge is 0.509 e. The van der Waals surface area contributed by atoms with Gasteiger partial charge in [0.05, 0.1) is 6.10 Å². The number of amides is 1. The van der Waals surface area contributed by atoms with Gasteiger partial charge >= 0.3 is 12.2 Å². The van der Waals surface area contributed by atoms with Crippen molar-refractivity contribution < 1.29 is 24.2 Å². The summed E-state index contributed by atoms with van der Waals surface area (Å²) in [4.78, 5) is 24.3. The molecule has 1 rings (SSSR count). The molecule has 0 saturated heterocycles. The molecule has 0 fully saturated rings. The first-order valence-electron chi connectivity index (χ1n) is 6.25. The van der Waals surface area contributed by atoms with Crippen LogP contribution in [0, 0.1) is 0 Å². The highest BCUT2D eigenvalue weighted by Crippen LogP contribution is 2.26. The zero-order valence-electron chi connectivity index (χ0n) is 11.7. The topological polar surface area (TPSA) is 76.1 Å². The zero-order valence-corrected chi connectivity index (χ0v) is 12.6. The lowest BCUT2D eigenvalue weighted by Gasteiger charge is -2.20. The van der Waals surface area contributed by atoms with E-state index < -0.39 is 18.4 Å². The molecule has 0 saturated carbocycles. The summed E-state index contributed by atoms with van der Waals surface area (Å²) in [6, 6.07) is 3.70. The summed E-state index contributed by atoms with van der Waals surface area (Å²) in [6.45, 7) is 3.74. The van der Waals surface area contributed by atoms with Gasteiger partial charge in [-0.2, -0.15) is 0 Å². The second kappa shape index (κ2) is 7.74. The molecule has 1 aromatic rings. The fraction of sp³-hybridized carbons (Fsp3) is 0.538. The molecule has 0 aliphatic carbocycles. The van der Waals surface area contributed by atoms with Crippen molar-refractivity contribution in [1.82, 2.24) is 4.90 Å². The highest BCUT2D eigenvalue weighted by atomic mass is 32.1. The van der Waals surface area contributed by atoms with Crippen LogP contribution in [0.15, 0.2) is 17.5 Å².